The van der Waals surface area contributed by atoms with Gasteiger partial charge in [-0.2, -0.15) is 8.78 Å². The molecule has 11 heteroatoms. The lowest BCUT2D eigenvalue weighted by atomic mass is 10.2. The first-order valence-electron chi connectivity index (χ1n) is 7.11. The molecule has 0 radical (unpaired) electrons. The minimum Gasteiger partial charge on any atom is -0.480 e. The van der Waals surface area contributed by atoms with Gasteiger partial charge in [0, 0.05) is 0 Å². The molecule has 25 heavy (non-hydrogen) atoms. The number of alkyl halides is 2. The van der Waals surface area contributed by atoms with E-state index in [9.17, 15) is 26.8 Å². The Hall–Kier alpha value is -1.78. The van der Waals surface area contributed by atoms with Gasteiger partial charge in [0.25, 0.3) is 0 Å². The number of likely N-dealkylation sites (tertiary alicyclic amines) is 1. The highest BCUT2D eigenvalue weighted by molar-refractivity contribution is 7.91. The second kappa shape index (κ2) is 8.54. The zero-order valence-electron chi connectivity index (χ0n) is 12.9. The molecule has 1 unspecified atom stereocenters. The van der Waals surface area contributed by atoms with Gasteiger partial charge >= 0.3 is 11.7 Å². The number of sulfone groups is 1. The number of hydrogen-bond acceptors (Lipinski definition) is 5. The SMILES string of the molecule is Cl.O=C(CN1CCCC1C(=O)O)Nc1ccccc1S(=O)(=O)C(F)F. The van der Waals surface area contributed by atoms with Crippen LogP contribution < -0.4 is 5.32 Å². The molecular weight excluding hydrogens is 382 g/mol. The second-order valence-corrected chi connectivity index (χ2v) is 7.20. The topological polar surface area (TPSA) is 104 Å². The van der Waals surface area contributed by atoms with E-state index in [1.165, 1.54) is 23.1 Å². The Morgan fingerprint density at radius 2 is 1.96 bits per heavy atom. The van der Waals surface area contributed by atoms with Crippen molar-refractivity contribution in [3.05, 3.63) is 24.3 Å². The van der Waals surface area contributed by atoms with Gasteiger partial charge in [0.1, 0.15) is 6.04 Å². The average molecular weight is 399 g/mol. The van der Waals surface area contributed by atoms with Crippen molar-refractivity contribution in [3.8, 4) is 0 Å². The highest BCUT2D eigenvalue weighted by Crippen LogP contribution is 2.26. The molecule has 0 bridgehead atoms. The summed E-state index contributed by atoms with van der Waals surface area (Å²) in [5.74, 6) is -5.31. The van der Waals surface area contributed by atoms with Crippen LogP contribution in [0.5, 0.6) is 0 Å². The fraction of sp³-hybridized carbons (Fsp3) is 0.429. The van der Waals surface area contributed by atoms with E-state index in [1.807, 2.05) is 0 Å². The standard InChI is InChI=1S/C14H16F2N2O5S.ClH/c15-14(16)24(22,23)11-6-2-1-4-9(11)17-12(19)8-18-7-3-5-10(18)13(20)21;/h1-2,4,6,10,14H,3,5,7-8H2,(H,17,19)(H,20,21);1H. The lowest BCUT2D eigenvalue weighted by Gasteiger charge is -2.20. The molecule has 0 spiro atoms. The Bertz CT molecular complexity index is 744. The van der Waals surface area contributed by atoms with Crippen molar-refractivity contribution in [3.63, 3.8) is 0 Å². The van der Waals surface area contributed by atoms with E-state index in [4.69, 9.17) is 5.11 Å². The Morgan fingerprint density at radius 3 is 2.56 bits per heavy atom. The Balaban J connectivity index is 0.00000312. The molecule has 1 saturated heterocycles. The van der Waals surface area contributed by atoms with E-state index >= 15 is 0 Å². The molecule has 1 amide bonds. The number of nitrogens with one attached hydrogen (secondary N) is 1. The summed E-state index contributed by atoms with van der Waals surface area (Å²) in [5.41, 5.74) is -0.256. The molecule has 0 saturated carbocycles. The van der Waals surface area contributed by atoms with Crippen LogP contribution in [0.25, 0.3) is 0 Å². The summed E-state index contributed by atoms with van der Waals surface area (Å²) >= 11 is 0. The fourth-order valence-corrected chi connectivity index (χ4v) is 3.47. The lowest BCUT2D eigenvalue weighted by Crippen LogP contribution is -2.41. The van der Waals surface area contributed by atoms with Gasteiger partial charge in [-0.1, -0.05) is 12.1 Å². The molecular formula is C14H17ClF2N2O5S. The Labute approximate surface area is 149 Å². The molecule has 1 aliphatic heterocycles. The van der Waals surface area contributed by atoms with Crippen molar-refractivity contribution >= 4 is 39.8 Å². The number of halogens is 3. The first kappa shape index (κ1) is 21.3. The summed E-state index contributed by atoms with van der Waals surface area (Å²) in [6.45, 7) is 0.154. The van der Waals surface area contributed by atoms with Crippen LogP contribution in [0.15, 0.2) is 29.2 Å². The summed E-state index contributed by atoms with van der Waals surface area (Å²) in [5, 5.41) is 11.3. The minimum absolute atomic E-state index is 0. The molecule has 2 rings (SSSR count). The maximum atomic E-state index is 12.7. The fourth-order valence-electron chi connectivity index (χ4n) is 2.58. The molecule has 1 heterocycles. The highest BCUT2D eigenvalue weighted by atomic mass is 35.5. The van der Waals surface area contributed by atoms with E-state index in [1.54, 1.807) is 0 Å². The Kier molecular flexibility index (Phi) is 7.27. The molecule has 2 N–H and O–H groups in total. The maximum Gasteiger partial charge on any atom is 0.341 e. The van der Waals surface area contributed by atoms with E-state index in [0.29, 0.717) is 19.4 Å². The number of hydrogen-bond donors (Lipinski definition) is 2. The van der Waals surface area contributed by atoms with Crippen molar-refractivity contribution in [1.82, 2.24) is 4.90 Å². The smallest absolute Gasteiger partial charge is 0.341 e. The van der Waals surface area contributed by atoms with Gasteiger partial charge in [-0.3, -0.25) is 14.5 Å². The van der Waals surface area contributed by atoms with E-state index in [2.05, 4.69) is 5.32 Å². The van der Waals surface area contributed by atoms with Gasteiger partial charge in [-0.25, -0.2) is 8.42 Å². The summed E-state index contributed by atoms with van der Waals surface area (Å²) in [6.07, 6.45) is 1.04. The van der Waals surface area contributed by atoms with Gasteiger partial charge in [-0.05, 0) is 31.5 Å². The molecule has 1 fully saturated rings. The van der Waals surface area contributed by atoms with Crippen LogP contribution in [-0.4, -0.2) is 55.2 Å². The quantitative estimate of drug-likeness (QED) is 0.754. The van der Waals surface area contributed by atoms with Crippen molar-refractivity contribution in [1.29, 1.82) is 0 Å². The van der Waals surface area contributed by atoms with Crippen LogP contribution in [0.4, 0.5) is 14.5 Å². The zero-order valence-corrected chi connectivity index (χ0v) is 14.5. The zero-order chi connectivity index (χ0) is 17.9. The first-order valence-corrected chi connectivity index (χ1v) is 8.66. The number of carbonyl (C=O) groups is 2. The van der Waals surface area contributed by atoms with E-state index in [-0.39, 0.29) is 24.6 Å². The number of carboxylic acid groups (broad SMARTS) is 1. The molecule has 0 aliphatic carbocycles. The predicted octanol–water partition coefficient (Wildman–Crippen LogP) is 1.59. The molecule has 7 nitrogen and oxygen atoms in total. The Morgan fingerprint density at radius 1 is 1.32 bits per heavy atom. The lowest BCUT2D eigenvalue weighted by molar-refractivity contribution is -0.142. The normalized spacial score (nSPS) is 18.0. The number of aliphatic carboxylic acids is 1. The molecule has 1 aromatic rings. The minimum atomic E-state index is -4.86. The van der Waals surface area contributed by atoms with Crippen LogP contribution in [-0.2, 0) is 19.4 Å². The summed E-state index contributed by atoms with van der Waals surface area (Å²) < 4.78 is 48.7. The molecule has 0 aromatic heterocycles. The van der Waals surface area contributed by atoms with Gasteiger partial charge < -0.3 is 10.4 Å². The third-order valence-electron chi connectivity index (χ3n) is 3.70. The van der Waals surface area contributed by atoms with Crippen LogP contribution in [0, 0.1) is 0 Å². The number of anilines is 1. The van der Waals surface area contributed by atoms with Gasteiger partial charge in [0.15, 0.2) is 0 Å². The van der Waals surface area contributed by atoms with E-state index in [0.717, 1.165) is 6.07 Å². The number of rotatable bonds is 6. The molecule has 1 aromatic carbocycles. The van der Waals surface area contributed by atoms with Crippen molar-refractivity contribution in [2.75, 3.05) is 18.4 Å². The van der Waals surface area contributed by atoms with Gasteiger partial charge in [0.05, 0.1) is 17.1 Å². The predicted molar refractivity (Wildman–Crippen MR) is 87.7 cm³/mol. The molecule has 140 valence electrons. The number of amides is 1. The van der Waals surface area contributed by atoms with Crippen LogP contribution in [0.3, 0.4) is 0 Å². The second-order valence-electron chi connectivity index (χ2n) is 5.32. The van der Waals surface area contributed by atoms with Gasteiger partial charge in [-0.15, -0.1) is 12.4 Å². The van der Waals surface area contributed by atoms with Crippen LogP contribution in [0.1, 0.15) is 12.8 Å². The number of nitrogens with zero attached hydrogens (tertiary/aromatic N) is 1. The van der Waals surface area contributed by atoms with Crippen molar-refractivity contribution in [2.24, 2.45) is 0 Å². The molecule has 1 atom stereocenters. The van der Waals surface area contributed by atoms with Gasteiger partial charge in [0.2, 0.25) is 15.7 Å². The summed E-state index contributed by atoms with van der Waals surface area (Å²) in [4.78, 5) is 23.9. The molecule has 1 aliphatic rings. The van der Waals surface area contributed by atoms with Crippen LogP contribution >= 0.6 is 12.4 Å². The van der Waals surface area contributed by atoms with Crippen molar-refractivity contribution < 1.29 is 31.9 Å². The number of para-hydroxylation sites is 1. The third-order valence-corrected chi connectivity index (χ3v) is 5.14. The van der Waals surface area contributed by atoms with E-state index < -0.39 is 38.4 Å². The number of carbonyl (C=O) groups excluding carboxylic acids is 1. The van der Waals surface area contributed by atoms with Crippen molar-refractivity contribution in [2.45, 2.75) is 29.5 Å². The monoisotopic (exact) mass is 398 g/mol. The number of benzene rings is 1. The largest absolute Gasteiger partial charge is 0.480 e. The highest BCUT2D eigenvalue weighted by Gasteiger charge is 2.33. The first-order chi connectivity index (χ1) is 11.2. The third kappa shape index (κ3) is 4.86. The van der Waals surface area contributed by atoms with Crippen LogP contribution in [0.2, 0.25) is 0 Å². The average Bonchev–Trinajstić information content (AvgIpc) is 2.95. The number of carboxylic acids is 1. The maximum absolute atomic E-state index is 12.7. The summed E-state index contributed by atoms with van der Waals surface area (Å²) in [7, 11) is -4.86. The summed E-state index contributed by atoms with van der Waals surface area (Å²) in [6, 6.07) is 4.07.